The van der Waals surface area contributed by atoms with E-state index in [1.54, 1.807) is 13.8 Å². The summed E-state index contributed by atoms with van der Waals surface area (Å²) in [6, 6.07) is 7.43. The molecule has 6 nitrogen and oxygen atoms in total. The van der Waals surface area contributed by atoms with E-state index >= 15 is 0 Å². The third-order valence-electron chi connectivity index (χ3n) is 3.32. The lowest BCUT2D eigenvalue weighted by atomic mass is 10.1. The van der Waals surface area contributed by atoms with Gasteiger partial charge >= 0.3 is 5.97 Å². The van der Waals surface area contributed by atoms with Crippen LogP contribution in [0, 0.1) is 13.8 Å². The Labute approximate surface area is 142 Å². The molecule has 0 unspecified atom stereocenters. The quantitative estimate of drug-likeness (QED) is 0.805. The van der Waals surface area contributed by atoms with Crippen LogP contribution in [0.15, 0.2) is 33.3 Å². The summed E-state index contributed by atoms with van der Waals surface area (Å²) in [6.45, 7) is 4.76. The maximum atomic E-state index is 11.9. The molecule has 122 valence electrons. The minimum absolute atomic E-state index is 0.187. The molecule has 7 heteroatoms. The second-order valence-corrected chi connectivity index (χ2v) is 6.03. The summed E-state index contributed by atoms with van der Waals surface area (Å²) in [6.07, 6.45) is 0. The number of hydrogen-bond donors (Lipinski definition) is 1. The van der Waals surface area contributed by atoms with Gasteiger partial charge in [0.1, 0.15) is 11.3 Å². The van der Waals surface area contributed by atoms with Crippen molar-refractivity contribution in [3.63, 3.8) is 0 Å². The van der Waals surface area contributed by atoms with Gasteiger partial charge < -0.3 is 14.6 Å². The zero-order chi connectivity index (χ0) is 17.0. The summed E-state index contributed by atoms with van der Waals surface area (Å²) in [7, 11) is 0. The van der Waals surface area contributed by atoms with Crippen molar-refractivity contribution in [2.75, 3.05) is 6.61 Å². The molecule has 0 radical (unpaired) electrons. The van der Waals surface area contributed by atoms with E-state index in [0.717, 1.165) is 10.0 Å². The Hall–Kier alpha value is -2.15. The van der Waals surface area contributed by atoms with E-state index in [-0.39, 0.29) is 24.1 Å². The van der Waals surface area contributed by atoms with Gasteiger partial charge in [0.25, 0.3) is 5.91 Å². The number of aryl methyl sites for hydroxylation is 2. The average Bonchev–Trinajstić information content (AvgIpc) is 2.84. The number of nitrogens with zero attached hydrogens (tertiary/aromatic N) is 1. The molecule has 2 rings (SSSR count). The fourth-order valence-electron chi connectivity index (χ4n) is 2.10. The molecule has 0 aliphatic heterocycles. The van der Waals surface area contributed by atoms with Crippen LogP contribution in [0.5, 0.6) is 0 Å². The van der Waals surface area contributed by atoms with Crippen LogP contribution in [-0.4, -0.2) is 23.6 Å². The maximum absolute atomic E-state index is 11.9. The van der Waals surface area contributed by atoms with Gasteiger partial charge in [-0.05, 0) is 38.5 Å². The van der Waals surface area contributed by atoms with Crippen molar-refractivity contribution < 1.29 is 18.8 Å². The number of nitrogens with one attached hydrogen (secondary N) is 1. The van der Waals surface area contributed by atoms with E-state index in [0.29, 0.717) is 11.5 Å². The molecule has 0 saturated heterocycles. The summed E-state index contributed by atoms with van der Waals surface area (Å²) in [5.41, 5.74) is 1.66. The SMILES string of the molecule is Cc1noc(C)c1C(=O)OCC(=O)N[C@@H](C)c1ccc(Br)cc1. The highest BCUT2D eigenvalue weighted by molar-refractivity contribution is 9.10. The van der Waals surface area contributed by atoms with Crippen LogP contribution >= 0.6 is 15.9 Å². The third kappa shape index (κ3) is 4.41. The molecular weight excluding hydrogens is 364 g/mol. The molecule has 1 N–H and O–H groups in total. The van der Waals surface area contributed by atoms with Crippen LogP contribution in [0.4, 0.5) is 0 Å². The standard InChI is InChI=1S/C16H17BrN2O4/c1-9(12-4-6-13(17)7-5-12)18-14(20)8-22-16(21)15-10(2)19-23-11(15)3/h4-7,9H,8H2,1-3H3,(H,18,20)/t9-/m0/s1. The van der Waals surface area contributed by atoms with Crippen molar-refractivity contribution in [3.8, 4) is 0 Å². The lowest BCUT2D eigenvalue weighted by molar-refractivity contribution is -0.124. The number of carbonyl (C=O) groups excluding carboxylic acids is 2. The summed E-state index contributed by atoms with van der Waals surface area (Å²) in [5.74, 6) is -0.621. The first-order valence-electron chi connectivity index (χ1n) is 7.03. The number of rotatable bonds is 5. The normalized spacial score (nSPS) is 11.8. The maximum Gasteiger partial charge on any atom is 0.344 e. The monoisotopic (exact) mass is 380 g/mol. The van der Waals surface area contributed by atoms with Gasteiger partial charge in [-0.2, -0.15) is 0 Å². The zero-order valence-corrected chi connectivity index (χ0v) is 14.6. The van der Waals surface area contributed by atoms with Gasteiger partial charge in [-0.1, -0.05) is 33.2 Å². The van der Waals surface area contributed by atoms with Crippen molar-refractivity contribution in [2.45, 2.75) is 26.8 Å². The van der Waals surface area contributed by atoms with E-state index in [2.05, 4.69) is 26.4 Å². The van der Waals surface area contributed by atoms with Crippen LogP contribution in [0.25, 0.3) is 0 Å². The fraction of sp³-hybridized carbons (Fsp3) is 0.312. The van der Waals surface area contributed by atoms with Crippen molar-refractivity contribution in [1.82, 2.24) is 10.5 Å². The van der Waals surface area contributed by atoms with Crippen LogP contribution in [0.2, 0.25) is 0 Å². The molecule has 0 aliphatic rings. The number of hydrogen-bond acceptors (Lipinski definition) is 5. The predicted octanol–water partition coefficient (Wildman–Crippen LogP) is 3.09. The largest absolute Gasteiger partial charge is 0.452 e. The van der Waals surface area contributed by atoms with Gasteiger partial charge in [-0.3, -0.25) is 4.79 Å². The molecule has 0 bridgehead atoms. The highest BCUT2D eigenvalue weighted by Gasteiger charge is 2.20. The van der Waals surface area contributed by atoms with E-state index in [9.17, 15) is 9.59 Å². The summed E-state index contributed by atoms with van der Waals surface area (Å²) in [5, 5.41) is 6.45. The number of carbonyl (C=O) groups is 2. The Balaban J connectivity index is 1.87. The molecule has 2 aromatic rings. The van der Waals surface area contributed by atoms with E-state index in [4.69, 9.17) is 9.26 Å². The molecule has 0 saturated carbocycles. The second kappa shape index (κ2) is 7.41. The number of esters is 1. The molecule has 0 aliphatic carbocycles. The van der Waals surface area contributed by atoms with E-state index in [1.807, 2.05) is 31.2 Å². The molecule has 1 aromatic heterocycles. The van der Waals surface area contributed by atoms with Gasteiger partial charge in [0.15, 0.2) is 6.61 Å². The number of benzene rings is 1. The van der Waals surface area contributed by atoms with Crippen molar-refractivity contribution in [1.29, 1.82) is 0 Å². The van der Waals surface area contributed by atoms with Crippen LogP contribution < -0.4 is 5.32 Å². The highest BCUT2D eigenvalue weighted by Crippen LogP contribution is 2.16. The molecule has 1 heterocycles. The Morgan fingerprint density at radius 2 is 1.96 bits per heavy atom. The predicted molar refractivity (Wildman–Crippen MR) is 87.0 cm³/mol. The van der Waals surface area contributed by atoms with Gasteiger partial charge in [-0.25, -0.2) is 4.79 Å². The number of aromatic nitrogens is 1. The summed E-state index contributed by atoms with van der Waals surface area (Å²) < 4.78 is 10.9. The first kappa shape index (κ1) is 17.2. The van der Waals surface area contributed by atoms with Crippen molar-refractivity contribution in [3.05, 3.63) is 51.3 Å². The van der Waals surface area contributed by atoms with Crippen molar-refractivity contribution in [2.24, 2.45) is 0 Å². The van der Waals surface area contributed by atoms with Gasteiger partial charge in [-0.15, -0.1) is 0 Å². The third-order valence-corrected chi connectivity index (χ3v) is 3.85. The van der Waals surface area contributed by atoms with Gasteiger partial charge in [0.05, 0.1) is 11.7 Å². The zero-order valence-electron chi connectivity index (χ0n) is 13.1. The summed E-state index contributed by atoms with van der Waals surface area (Å²) in [4.78, 5) is 23.8. The Kier molecular flexibility index (Phi) is 5.54. The number of ether oxygens (including phenoxy) is 1. The smallest absolute Gasteiger partial charge is 0.344 e. The van der Waals surface area contributed by atoms with Crippen LogP contribution in [0.1, 0.15) is 40.3 Å². The first-order chi connectivity index (χ1) is 10.9. The number of halogens is 1. The molecule has 23 heavy (non-hydrogen) atoms. The lowest BCUT2D eigenvalue weighted by Gasteiger charge is -2.14. The van der Waals surface area contributed by atoms with Gasteiger partial charge in [0.2, 0.25) is 0 Å². The topological polar surface area (TPSA) is 81.4 Å². The van der Waals surface area contributed by atoms with Crippen LogP contribution in [-0.2, 0) is 9.53 Å². The molecule has 1 atom stereocenters. The first-order valence-corrected chi connectivity index (χ1v) is 7.82. The molecule has 0 fully saturated rings. The fourth-order valence-corrected chi connectivity index (χ4v) is 2.36. The van der Waals surface area contributed by atoms with Crippen LogP contribution in [0.3, 0.4) is 0 Å². The van der Waals surface area contributed by atoms with E-state index < -0.39 is 5.97 Å². The minimum atomic E-state index is -0.618. The molecule has 1 aromatic carbocycles. The Morgan fingerprint density at radius 1 is 1.30 bits per heavy atom. The summed E-state index contributed by atoms with van der Waals surface area (Å²) >= 11 is 3.36. The second-order valence-electron chi connectivity index (χ2n) is 5.12. The van der Waals surface area contributed by atoms with Gasteiger partial charge in [0, 0.05) is 4.47 Å². The minimum Gasteiger partial charge on any atom is -0.452 e. The Bertz CT molecular complexity index is 690. The molecule has 0 spiro atoms. The lowest BCUT2D eigenvalue weighted by Crippen LogP contribution is -2.31. The highest BCUT2D eigenvalue weighted by atomic mass is 79.9. The Morgan fingerprint density at radius 3 is 2.52 bits per heavy atom. The van der Waals surface area contributed by atoms with E-state index in [1.165, 1.54) is 0 Å². The number of amides is 1. The van der Waals surface area contributed by atoms with Crippen molar-refractivity contribution >= 4 is 27.8 Å². The molecular formula is C16H17BrN2O4. The average molecular weight is 381 g/mol. The molecule has 1 amide bonds.